The molecule has 0 radical (unpaired) electrons. The van der Waals surface area contributed by atoms with Crippen LogP contribution in [0.25, 0.3) is 11.3 Å². The zero-order valence-corrected chi connectivity index (χ0v) is 12.5. The van der Waals surface area contributed by atoms with Gasteiger partial charge in [-0.3, -0.25) is 4.99 Å². The Morgan fingerprint density at radius 3 is 2.55 bits per heavy atom. The molecule has 1 heterocycles. The maximum Gasteiger partial charge on any atom is 0.417 e. The Morgan fingerprint density at radius 1 is 1.23 bits per heavy atom. The molecular formula is C14H13ClF3N3O. The number of aliphatic imine (C=N–C) groups is 1. The fourth-order valence-electron chi connectivity index (χ4n) is 1.86. The van der Waals surface area contributed by atoms with Crippen LogP contribution in [0.4, 0.5) is 13.2 Å². The second-order valence-electron chi connectivity index (χ2n) is 4.30. The van der Waals surface area contributed by atoms with Crippen molar-refractivity contribution in [2.24, 2.45) is 4.99 Å². The van der Waals surface area contributed by atoms with Crippen LogP contribution >= 0.6 is 11.6 Å². The van der Waals surface area contributed by atoms with E-state index < -0.39 is 11.7 Å². The zero-order valence-electron chi connectivity index (χ0n) is 11.8. The molecule has 2 N–H and O–H groups in total. The van der Waals surface area contributed by atoms with Gasteiger partial charge in [0.05, 0.1) is 10.6 Å². The van der Waals surface area contributed by atoms with Gasteiger partial charge in [0.15, 0.2) is 11.6 Å². The van der Waals surface area contributed by atoms with Gasteiger partial charge in [-0.2, -0.15) is 13.2 Å². The minimum atomic E-state index is -4.52. The number of hydrazine groups is 1. The molecule has 8 heteroatoms. The van der Waals surface area contributed by atoms with Crippen molar-refractivity contribution in [2.45, 2.75) is 6.18 Å². The summed E-state index contributed by atoms with van der Waals surface area (Å²) in [4.78, 5) is 3.97. The smallest absolute Gasteiger partial charge is 0.417 e. The summed E-state index contributed by atoms with van der Waals surface area (Å²) >= 11 is 5.60. The van der Waals surface area contributed by atoms with Crippen LogP contribution in [0.3, 0.4) is 0 Å². The van der Waals surface area contributed by atoms with Gasteiger partial charge in [0.1, 0.15) is 5.76 Å². The zero-order chi connectivity index (χ0) is 16.3. The second-order valence-corrected chi connectivity index (χ2v) is 4.71. The molecule has 0 aliphatic carbocycles. The van der Waals surface area contributed by atoms with Gasteiger partial charge >= 0.3 is 6.18 Å². The lowest BCUT2D eigenvalue weighted by Gasteiger charge is -2.10. The van der Waals surface area contributed by atoms with E-state index in [2.05, 4.69) is 15.8 Å². The molecule has 0 aliphatic heterocycles. The summed E-state index contributed by atoms with van der Waals surface area (Å²) in [5, 5.41) is -0.351. The highest BCUT2D eigenvalue weighted by molar-refractivity contribution is 6.31. The van der Waals surface area contributed by atoms with E-state index in [-0.39, 0.29) is 16.3 Å². The SMILES string of the molecule is CN=C(NNC)c1ccc(-c2ccc(Cl)c(C(F)(F)F)c2)o1. The third-order valence-electron chi connectivity index (χ3n) is 2.86. The Hall–Kier alpha value is -1.99. The van der Waals surface area contributed by atoms with Gasteiger partial charge in [-0.1, -0.05) is 11.6 Å². The van der Waals surface area contributed by atoms with E-state index >= 15 is 0 Å². The normalized spacial score (nSPS) is 12.5. The van der Waals surface area contributed by atoms with E-state index in [0.29, 0.717) is 11.6 Å². The first kappa shape index (κ1) is 16.4. The summed E-state index contributed by atoms with van der Waals surface area (Å²) in [6.45, 7) is 0. The van der Waals surface area contributed by atoms with E-state index in [4.69, 9.17) is 16.0 Å². The predicted molar refractivity (Wildman–Crippen MR) is 78.8 cm³/mol. The number of rotatable bonds is 3. The lowest BCUT2D eigenvalue weighted by Crippen LogP contribution is -2.34. The Bertz CT molecular complexity index is 695. The number of benzene rings is 1. The molecule has 1 aromatic heterocycles. The number of alkyl halides is 3. The Labute approximate surface area is 130 Å². The van der Waals surface area contributed by atoms with Gasteiger partial charge in [0.25, 0.3) is 0 Å². The van der Waals surface area contributed by atoms with Crippen molar-refractivity contribution in [2.75, 3.05) is 14.1 Å². The highest BCUT2D eigenvalue weighted by Crippen LogP contribution is 2.37. The Balaban J connectivity index is 2.40. The molecule has 0 saturated carbocycles. The van der Waals surface area contributed by atoms with Crippen molar-refractivity contribution < 1.29 is 17.6 Å². The van der Waals surface area contributed by atoms with Crippen LogP contribution in [0.15, 0.2) is 39.7 Å². The molecule has 0 saturated heterocycles. The molecule has 118 valence electrons. The topological polar surface area (TPSA) is 49.6 Å². The fraction of sp³-hybridized carbons (Fsp3) is 0.214. The maximum absolute atomic E-state index is 12.9. The van der Waals surface area contributed by atoms with Gasteiger partial charge in [-0.25, -0.2) is 5.43 Å². The van der Waals surface area contributed by atoms with E-state index in [0.717, 1.165) is 6.07 Å². The molecule has 0 unspecified atom stereocenters. The van der Waals surface area contributed by atoms with Gasteiger partial charge in [0, 0.05) is 19.7 Å². The summed E-state index contributed by atoms with van der Waals surface area (Å²) in [5.41, 5.74) is 4.84. The number of furan rings is 1. The number of nitrogens with one attached hydrogen (secondary N) is 2. The van der Waals surface area contributed by atoms with E-state index in [1.54, 1.807) is 26.2 Å². The number of nitrogens with zero attached hydrogens (tertiary/aromatic N) is 1. The van der Waals surface area contributed by atoms with Crippen LogP contribution in [-0.2, 0) is 6.18 Å². The number of hydrogen-bond donors (Lipinski definition) is 2. The first-order valence-electron chi connectivity index (χ1n) is 6.23. The molecule has 0 bridgehead atoms. The first-order valence-corrected chi connectivity index (χ1v) is 6.61. The highest BCUT2D eigenvalue weighted by Gasteiger charge is 2.33. The Morgan fingerprint density at radius 2 is 1.95 bits per heavy atom. The number of amidine groups is 1. The van der Waals surface area contributed by atoms with Gasteiger partial charge in [-0.15, -0.1) is 0 Å². The maximum atomic E-state index is 12.9. The number of halogens is 4. The average Bonchev–Trinajstić information content (AvgIpc) is 2.93. The average molecular weight is 332 g/mol. The van der Waals surface area contributed by atoms with Crippen molar-refractivity contribution >= 4 is 17.4 Å². The monoisotopic (exact) mass is 331 g/mol. The minimum Gasteiger partial charge on any atom is -0.453 e. The predicted octanol–water partition coefficient (Wildman–Crippen LogP) is 3.72. The molecule has 0 amide bonds. The van der Waals surface area contributed by atoms with Gasteiger partial charge in [-0.05, 0) is 30.3 Å². The molecule has 4 nitrogen and oxygen atoms in total. The quantitative estimate of drug-likeness (QED) is 0.512. The molecule has 0 atom stereocenters. The van der Waals surface area contributed by atoms with Crippen molar-refractivity contribution in [1.29, 1.82) is 0 Å². The van der Waals surface area contributed by atoms with Crippen LogP contribution in [0.1, 0.15) is 11.3 Å². The highest BCUT2D eigenvalue weighted by atomic mass is 35.5. The third-order valence-corrected chi connectivity index (χ3v) is 3.19. The molecular weight excluding hydrogens is 319 g/mol. The van der Waals surface area contributed by atoms with E-state index in [9.17, 15) is 13.2 Å². The molecule has 0 aliphatic rings. The van der Waals surface area contributed by atoms with E-state index in [1.807, 2.05) is 0 Å². The van der Waals surface area contributed by atoms with Crippen LogP contribution in [0.2, 0.25) is 5.02 Å². The summed E-state index contributed by atoms with van der Waals surface area (Å²) in [6.07, 6.45) is -4.52. The summed E-state index contributed by atoms with van der Waals surface area (Å²) in [5.74, 6) is 1.12. The lowest BCUT2D eigenvalue weighted by molar-refractivity contribution is -0.137. The van der Waals surface area contributed by atoms with Crippen LogP contribution in [-0.4, -0.2) is 19.9 Å². The lowest BCUT2D eigenvalue weighted by atomic mass is 10.1. The van der Waals surface area contributed by atoms with Crippen molar-refractivity contribution in [3.63, 3.8) is 0 Å². The summed E-state index contributed by atoms with van der Waals surface area (Å²) < 4.78 is 44.2. The molecule has 2 rings (SSSR count). The van der Waals surface area contributed by atoms with E-state index in [1.165, 1.54) is 12.1 Å². The Kier molecular flexibility index (Phi) is 4.77. The number of hydrogen-bond acceptors (Lipinski definition) is 3. The fourth-order valence-corrected chi connectivity index (χ4v) is 2.09. The standard InChI is InChI=1S/C14H13ClF3N3O/c1-19-13(21-20-2)12-6-5-11(22-12)8-3-4-10(15)9(7-8)14(16,17)18/h3-7,20H,1-2H3,(H,19,21). The second kappa shape index (κ2) is 6.41. The molecule has 0 spiro atoms. The molecule has 2 aromatic rings. The summed E-state index contributed by atoms with van der Waals surface area (Å²) in [7, 11) is 3.22. The molecule has 22 heavy (non-hydrogen) atoms. The molecule has 0 fully saturated rings. The van der Waals surface area contributed by atoms with Gasteiger partial charge in [0.2, 0.25) is 0 Å². The van der Waals surface area contributed by atoms with Crippen molar-refractivity contribution in [3.05, 3.63) is 46.7 Å². The van der Waals surface area contributed by atoms with Crippen LogP contribution < -0.4 is 10.9 Å². The summed E-state index contributed by atoms with van der Waals surface area (Å²) in [6, 6.07) is 6.81. The third kappa shape index (κ3) is 3.42. The largest absolute Gasteiger partial charge is 0.453 e. The van der Waals surface area contributed by atoms with Crippen molar-refractivity contribution in [1.82, 2.24) is 10.9 Å². The van der Waals surface area contributed by atoms with Crippen molar-refractivity contribution in [3.8, 4) is 11.3 Å². The van der Waals surface area contributed by atoms with Gasteiger partial charge < -0.3 is 9.84 Å². The first-order chi connectivity index (χ1) is 10.4. The van der Waals surface area contributed by atoms with Crippen LogP contribution in [0, 0.1) is 0 Å². The molecule has 1 aromatic carbocycles. The van der Waals surface area contributed by atoms with Crippen LogP contribution in [0.5, 0.6) is 0 Å². The minimum absolute atomic E-state index is 0.280.